The third kappa shape index (κ3) is 4.82. The van der Waals surface area contributed by atoms with Crippen LogP contribution in [0.4, 0.5) is 0 Å². The molecule has 1 aliphatic carbocycles. The minimum atomic E-state index is -0.133. The molecule has 0 fully saturated rings. The standard InChI is InChI=1S/C24H27NO5/c1-5-29-22-13-16(6-11-21(22)30-15-23(26)25(2)3)12-18-8-7-17-14-19(28-4)9-10-20(17)24(18)27/h6,9-14H,5,7-8,15H2,1-4H3. The summed E-state index contributed by atoms with van der Waals surface area (Å²) in [6.07, 6.45) is 3.35. The lowest BCUT2D eigenvalue weighted by molar-refractivity contribution is -0.130. The van der Waals surface area contributed by atoms with E-state index in [9.17, 15) is 9.59 Å². The summed E-state index contributed by atoms with van der Waals surface area (Å²) in [5, 5.41) is 0. The second-order valence-electron chi connectivity index (χ2n) is 7.24. The third-order valence-corrected chi connectivity index (χ3v) is 4.97. The van der Waals surface area contributed by atoms with Crippen molar-refractivity contribution in [3.05, 3.63) is 58.7 Å². The normalized spacial score (nSPS) is 14.3. The Hall–Kier alpha value is -3.28. The molecular formula is C24H27NO5. The van der Waals surface area contributed by atoms with Crippen LogP contribution in [0, 0.1) is 0 Å². The number of nitrogens with zero attached hydrogens (tertiary/aromatic N) is 1. The van der Waals surface area contributed by atoms with Crippen LogP contribution in [0.1, 0.15) is 34.8 Å². The molecule has 0 heterocycles. The number of aryl methyl sites for hydroxylation is 1. The number of rotatable bonds is 7. The van der Waals surface area contributed by atoms with Crippen molar-refractivity contribution < 1.29 is 23.8 Å². The van der Waals surface area contributed by atoms with E-state index >= 15 is 0 Å². The molecule has 0 N–H and O–H groups in total. The van der Waals surface area contributed by atoms with Gasteiger partial charge in [0.1, 0.15) is 5.75 Å². The van der Waals surface area contributed by atoms with Gasteiger partial charge >= 0.3 is 0 Å². The molecule has 1 aliphatic rings. The summed E-state index contributed by atoms with van der Waals surface area (Å²) in [7, 11) is 4.98. The van der Waals surface area contributed by atoms with Crippen LogP contribution in [0.5, 0.6) is 17.2 Å². The molecule has 0 aromatic heterocycles. The number of hydrogen-bond donors (Lipinski definition) is 0. The molecular weight excluding hydrogens is 382 g/mol. The number of carbonyl (C=O) groups excluding carboxylic acids is 2. The smallest absolute Gasteiger partial charge is 0.259 e. The maximum absolute atomic E-state index is 12.9. The Morgan fingerprint density at radius 2 is 1.87 bits per heavy atom. The Morgan fingerprint density at radius 1 is 1.07 bits per heavy atom. The second-order valence-corrected chi connectivity index (χ2v) is 7.24. The molecule has 0 spiro atoms. The van der Waals surface area contributed by atoms with Crippen LogP contribution in [0.2, 0.25) is 0 Å². The van der Waals surface area contributed by atoms with E-state index in [4.69, 9.17) is 14.2 Å². The van der Waals surface area contributed by atoms with Gasteiger partial charge in [0.05, 0.1) is 13.7 Å². The van der Waals surface area contributed by atoms with E-state index in [2.05, 4.69) is 0 Å². The molecule has 0 radical (unpaired) electrons. The average molecular weight is 409 g/mol. The SMILES string of the molecule is CCOc1cc(C=C2CCc3cc(OC)ccc3C2=O)ccc1OCC(=O)N(C)C. The zero-order valence-corrected chi connectivity index (χ0v) is 17.9. The molecule has 0 unspecified atom stereocenters. The molecule has 0 saturated heterocycles. The highest BCUT2D eigenvalue weighted by molar-refractivity contribution is 6.13. The molecule has 2 aromatic carbocycles. The zero-order valence-electron chi connectivity index (χ0n) is 17.9. The van der Waals surface area contributed by atoms with Gasteiger partial charge in [-0.2, -0.15) is 0 Å². The Kier molecular flexibility index (Phi) is 6.77. The first-order valence-electron chi connectivity index (χ1n) is 9.95. The number of allylic oxidation sites excluding steroid dienone is 1. The largest absolute Gasteiger partial charge is 0.497 e. The number of methoxy groups -OCH3 is 1. The van der Waals surface area contributed by atoms with Crippen molar-refractivity contribution >= 4 is 17.8 Å². The first kappa shape index (κ1) is 21.4. The number of Topliss-reactive ketones (excluding diaryl/α,β-unsaturated/α-hetero) is 1. The summed E-state index contributed by atoms with van der Waals surface area (Å²) in [6.45, 7) is 2.29. The van der Waals surface area contributed by atoms with Crippen LogP contribution in [0.15, 0.2) is 42.0 Å². The van der Waals surface area contributed by atoms with E-state index < -0.39 is 0 Å². The lowest BCUT2D eigenvalue weighted by Crippen LogP contribution is -2.27. The van der Waals surface area contributed by atoms with Crippen LogP contribution in [0.3, 0.4) is 0 Å². The third-order valence-electron chi connectivity index (χ3n) is 4.97. The monoisotopic (exact) mass is 409 g/mol. The minimum Gasteiger partial charge on any atom is -0.497 e. The molecule has 0 bridgehead atoms. The van der Waals surface area contributed by atoms with Gasteiger partial charge in [-0.05, 0) is 67.3 Å². The maximum atomic E-state index is 12.9. The summed E-state index contributed by atoms with van der Waals surface area (Å²) in [5.41, 5.74) is 3.35. The van der Waals surface area contributed by atoms with Gasteiger partial charge in [-0.15, -0.1) is 0 Å². The number of hydrogen-bond acceptors (Lipinski definition) is 5. The molecule has 6 heteroatoms. The number of carbonyl (C=O) groups is 2. The lowest BCUT2D eigenvalue weighted by atomic mass is 9.86. The quantitative estimate of drug-likeness (QED) is 0.652. The number of ketones is 1. The van der Waals surface area contributed by atoms with Crippen molar-refractivity contribution in [3.63, 3.8) is 0 Å². The number of benzene rings is 2. The fourth-order valence-electron chi connectivity index (χ4n) is 3.29. The fourth-order valence-corrected chi connectivity index (χ4v) is 3.29. The van der Waals surface area contributed by atoms with Gasteiger partial charge in [-0.3, -0.25) is 9.59 Å². The van der Waals surface area contributed by atoms with Gasteiger partial charge in [0.15, 0.2) is 23.9 Å². The average Bonchev–Trinajstić information content (AvgIpc) is 2.74. The highest BCUT2D eigenvalue weighted by Gasteiger charge is 2.22. The fraction of sp³-hybridized carbons (Fsp3) is 0.333. The van der Waals surface area contributed by atoms with Gasteiger partial charge in [0.25, 0.3) is 5.91 Å². The molecule has 0 aliphatic heterocycles. The first-order valence-corrected chi connectivity index (χ1v) is 9.95. The van der Waals surface area contributed by atoms with Crippen molar-refractivity contribution in [2.45, 2.75) is 19.8 Å². The Balaban J connectivity index is 1.83. The maximum Gasteiger partial charge on any atom is 0.259 e. The van der Waals surface area contributed by atoms with E-state index in [1.807, 2.05) is 43.3 Å². The van der Waals surface area contributed by atoms with Crippen LogP contribution in [-0.4, -0.2) is 51.0 Å². The van der Waals surface area contributed by atoms with Crippen molar-refractivity contribution in [1.29, 1.82) is 0 Å². The van der Waals surface area contributed by atoms with E-state index in [0.717, 1.165) is 34.4 Å². The zero-order chi connectivity index (χ0) is 21.7. The van der Waals surface area contributed by atoms with E-state index in [1.54, 1.807) is 27.3 Å². The molecule has 0 atom stereocenters. The van der Waals surface area contributed by atoms with E-state index in [1.165, 1.54) is 4.90 Å². The second kappa shape index (κ2) is 9.48. The van der Waals surface area contributed by atoms with Gasteiger partial charge in [-0.1, -0.05) is 6.07 Å². The number of likely N-dealkylation sites (N-methyl/N-ethyl adjacent to an activating group) is 1. The van der Waals surface area contributed by atoms with Gasteiger partial charge in [0, 0.05) is 25.2 Å². The first-order chi connectivity index (χ1) is 14.4. The van der Waals surface area contributed by atoms with Crippen LogP contribution in [-0.2, 0) is 11.2 Å². The predicted molar refractivity (Wildman–Crippen MR) is 115 cm³/mol. The molecule has 3 rings (SSSR count). The molecule has 6 nitrogen and oxygen atoms in total. The minimum absolute atomic E-state index is 0.0359. The lowest BCUT2D eigenvalue weighted by Gasteiger charge is -2.18. The van der Waals surface area contributed by atoms with Crippen molar-refractivity contribution in [1.82, 2.24) is 4.90 Å². The predicted octanol–water partition coefficient (Wildman–Crippen LogP) is 3.77. The summed E-state index contributed by atoms with van der Waals surface area (Å²) in [6, 6.07) is 11.0. The summed E-state index contributed by atoms with van der Waals surface area (Å²) in [5.74, 6) is 1.72. The van der Waals surface area contributed by atoms with Crippen LogP contribution < -0.4 is 14.2 Å². The molecule has 2 aromatic rings. The van der Waals surface area contributed by atoms with E-state index in [0.29, 0.717) is 24.5 Å². The number of amides is 1. The van der Waals surface area contributed by atoms with Crippen LogP contribution in [0.25, 0.3) is 6.08 Å². The highest BCUT2D eigenvalue weighted by Crippen LogP contribution is 2.32. The Bertz CT molecular complexity index is 978. The topological polar surface area (TPSA) is 65.1 Å². The molecule has 1 amide bonds. The van der Waals surface area contributed by atoms with Crippen molar-refractivity contribution in [2.75, 3.05) is 34.4 Å². The van der Waals surface area contributed by atoms with Gasteiger partial charge < -0.3 is 19.1 Å². The van der Waals surface area contributed by atoms with Gasteiger partial charge in [0.2, 0.25) is 0 Å². The summed E-state index contributed by atoms with van der Waals surface area (Å²) < 4.78 is 16.6. The van der Waals surface area contributed by atoms with Crippen molar-refractivity contribution in [3.8, 4) is 17.2 Å². The summed E-state index contributed by atoms with van der Waals surface area (Å²) in [4.78, 5) is 26.2. The number of fused-ring (bicyclic) bond motifs is 1. The van der Waals surface area contributed by atoms with Crippen LogP contribution >= 0.6 is 0 Å². The summed E-state index contributed by atoms with van der Waals surface area (Å²) >= 11 is 0. The Labute approximate surface area is 177 Å². The Morgan fingerprint density at radius 3 is 2.57 bits per heavy atom. The molecule has 158 valence electrons. The number of ether oxygens (including phenoxy) is 3. The molecule has 0 saturated carbocycles. The highest BCUT2D eigenvalue weighted by atomic mass is 16.5. The van der Waals surface area contributed by atoms with E-state index in [-0.39, 0.29) is 18.3 Å². The van der Waals surface area contributed by atoms with Crippen molar-refractivity contribution in [2.24, 2.45) is 0 Å². The van der Waals surface area contributed by atoms with Gasteiger partial charge in [-0.25, -0.2) is 0 Å². The molecule has 30 heavy (non-hydrogen) atoms.